The molecule has 0 saturated heterocycles. The number of rotatable bonds is 4. The van der Waals surface area contributed by atoms with E-state index in [2.05, 4.69) is 0 Å². The normalized spacial score (nSPS) is 11.6. The lowest BCUT2D eigenvalue weighted by Crippen LogP contribution is -2.21. The molecule has 0 saturated carbocycles. The van der Waals surface area contributed by atoms with E-state index >= 15 is 0 Å². The molecule has 0 bridgehead atoms. The Balaban J connectivity index is 1.75. The Morgan fingerprint density at radius 2 is 1.50 bits per heavy atom. The van der Waals surface area contributed by atoms with Crippen molar-refractivity contribution in [1.29, 1.82) is 0 Å². The highest BCUT2D eigenvalue weighted by molar-refractivity contribution is 7.99. The van der Waals surface area contributed by atoms with E-state index in [1.54, 1.807) is 54.6 Å². The summed E-state index contributed by atoms with van der Waals surface area (Å²) in [6, 6.07) is 23.5. The van der Waals surface area contributed by atoms with E-state index in [9.17, 15) is 27.9 Å². The molecule has 5 rings (SSSR count). The molecule has 9 heteroatoms. The molecule has 0 aliphatic rings. The second-order valence-electron chi connectivity index (χ2n) is 7.81. The van der Waals surface area contributed by atoms with Gasteiger partial charge in [-0.1, -0.05) is 66.4 Å². The zero-order valence-electron chi connectivity index (χ0n) is 18.3. The number of hydrogen-bond acceptors (Lipinski definition) is 5. The summed E-state index contributed by atoms with van der Waals surface area (Å²) in [5.74, 6) is -0.655. The fourth-order valence-corrected chi connectivity index (χ4v) is 4.73. The lowest BCUT2D eigenvalue weighted by atomic mass is 10.1. The van der Waals surface area contributed by atoms with Gasteiger partial charge in [0.2, 0.25) is 0 Å². The maximum absolute atomic E-state index is 13.7. The first-order chi connectivity index (χ1) is 17.2. The Morgan fingerprint density at radius 3 is 2.17 bits per heavy atom. The van der Waals surface area contributed by atoms with Gasteiger partial charge >= 0.3 is 11.8 Å². The number of aromatic nitrogens is 1. The van der Waals surface area contributed by atoms with Crippen molar-refractivity contribution in [2.24, 2.45) is 0 Å². The molecule has 0 fully saturated rings. The Morgan fingerprint density at radius 1 is 0.833 bits per heavy atom. The van der Waals surface area contributed by atoms with Crippen molar-refractivity contribution in [3.8, 4) is 22.7 Å². The van der Waals surface area contributed by atoms with Crippen LogP contribution in [0.4, 0.5) is 13.2 Å². The second-order valence-corrected chi connectivity index (χ2v) is 8.89. The van der Waals surface area contributed by atoms with E-state index in [0.29, 0.717) is 28.7 Å². The number of fused-ring (bicyclic) bond motifs is 1. The monoisotopic (exact) mass is 507 g/mol. The minimum atomic E-state index is -4.58. The minimum Gasteiger partial charge on any atom is -0.505 e. The van der Waals surface area contributed by atoms with E-state index in [1.165, 1.54) is 22.8 Å². The zero-order chi connectivity index (χ0) is 25.4. The molecule has 0 amide bonds. The van der Waals surface area contributed by atoms with E-state index in [4.69, 9.17) is 4.42 Å². The average Bonchev–Trinajstić information content (AvgIpc) is 2.87. The first-order valence-corrected chi connectivity index (χ1v) is 11.5. The summed E-state index contributed by atoms with van der Waals surface area (Å²) in [6.45, 7) is 0. The molecule has 2 aromatic heterocycles. The summed E-state index contributed by atoms with van der Waals surface area (Å²) in [4.78, 5) is 26.2. The van der Waals surface area contributed by atoms with Gasteiger partial charge in [0.05, 0.1) is 11.3 Å². The number of alkyl halides is 3. The summed E-state index contributed by atoms with van der Waals surface area (Å²) < 4.78 is 46.2. The summed E-state index contributed by atoms with van der Waals surface area (Å²) in [6.07, 6.45) is -4.58. The summed E-state index contributed by atoms with van der Waals surface area (Å²) >= 11 is 0.593. The minimum absolute atomic E-state index is 0.0519. The van der Waals surface area contributed by atoms with Crippen LogP contribution in [0.5, 0.6) is 5.75 Å². The van der Waals surface area contributed by atoms with Crippen LogP contribution in [0.3, 0.4) is 0 Å². The van der Waals surface area contributed by atoms with Gasteiger partial charge in [-0.3, -0.25) is 9.36 Å². The fraction of sp³-hybridized carbons (Fsp3) is 0.0370. The Kier molecular flexibility index (Phi) is 5.93. The number of halogens is 3. The zero-order valence-corrected chi connectivity index (χ0v) is 19.1. The van der Waals surface area contributed by atoms with Gasteiger partial charge in [0.1, 0.15) is 15.9 Å². The van der Waals surface area contributed by atoms with Gasteiger partial charge in [-0.05, 0) is 35.9 Å². The maximum atomic E-state index is 13.7. The highest BCUT2D eigenvalue weighted by atomic mass is 32.2. The third-order valence-corrected chi connectivity index (χ3v) is 6.53. The van der Waals surface area contributed by atoms with Crippen LogP contribution in [0.2, 0.25) is 0 Å². The predicted molar refractivity (Wildman–Crippen MR) is 131 cm³/mol. The molecule has 5 nitrogen and oxygen atoms in total. The molecule has 36 heavy (non-hydrogen) atoms. The Bertz CT molecular complexity index is 1690. The number of pyridine rings is 1. The summed E-state index contributed by atoms with van der Waals surface area (Å²) in [5.41, 5.74) is -1.05. The molecule has 3 aromatic carbocycles. The van der Waals surface area contributed by atoms with Crippen LogP contribution in [0.25, 0.3) is 27.9 Å². The van der Waals surface area contributed by atoms with Crippen LogP contribution in [0.1, 0.15) is 5.56 Å². The van der Waals surface area contributed by atoms with Crippen molar-refractivity contribution < 1.29 is 22.7 Å². The van der Waals surface area contributed by atoms with Crippen LogP contribution in [0.15, 0.2) is 115 Å². The summed E-state index contributed by atoms with van der Waals surface area (Å²) in [7, 11) is 0. The number of hydrogen-bond donors (Lipinski definition) is 1. The van der Waals surface area contributed by atoms with Crippen molar-refractivity contribution in [3.63, 3.8) is 0 Å². The molecule has 1 N–H and O–H groups in total. The van der Waals surface area contributed by atoms with E-state index in [1.807, 2.05) is 6.07 Å². The van der Waals surface area contributed by atoms with Gasteiger partial charge in [-0.2, -0.15) is 13.2 Å². The molecule has 0 radical (unpaired) electrons. The van der Waals surface area contributed by atoms with Crippen molar-refractivity contribution >= 4 is 22.7 Å². The molecule has 0 aliphatic heterocycles. The highest BCUT2D eigenvalue weighted by Crippen LogP contribution is 2.38. The quantitative estimate of drug-likeness (QED) is 0.301. The summed E-state index contributed by atoms with van der Waals surface area (Å²) in [5, 5.41) is 10.8. The fourth-order valence-electron chi connectivity index (χ4n) is 3.84. The molecule has 5 aromatic rings. The first-order valence-electron chi connectivity index (χ1n) is 10.7. The number of para-hydroxylation sites is 1. The van der Waals surface area contributed by atoms with Crippen molar-refractivity contribution in [3.05, 3.63) is 117 Å². The molecule has 0 aliphatic carbocycles. The topological polar surface area (TPSA) is 72.4 Å². The molecule has 0 unspecified atom stereocenters. The lowest BCUT2D eigenvalue weighted by Gasteiger charge is -2.15. The van der Waals surface area contributed by atoms with Crippen molar-refractivity contribution in [2.75, 3.05) is 0 Å². The van der Waals surface area contributed by atoms with Crippen LogP contribution in [-0.4, -0.2) is 9.67 Å². The third-order valence-electron chi connectivity index (χ3n) is 5.48. The lowest BCUT2D eigenvalue weighted by molar-refractivity contribution is -0.137. The van der Waals surface area contributed by atoms with E-state index in [-0.39, 0.29) is 20.8 Å². The largest absolute Gasteiger partial charge is 0.505 e. The van der Waals surface area contributed by atoms with Gasteiger partial charge in [-0.25, -0.2) is 4.79 Å². The smallest absolute Gasteiger partial charge is 0.416 e. The van der Waals surface area contributed by atoms with Gasteiger partial charge in [0, 0.05) is 16.6 Å². The Labute approximate surface area is 206 Å². The van der Waals surface area contributed by atoms with Crippen molar-refractivity contribution in [1.82, 2.24) is 4.57 Å². The van der Waals surface area contributed by atoms with Crippen LogP contribution in [-0.2, 0) is 6.18 Å². The standard InChI is InChI=1S/C27H16F3NO4S/c28-27(29,30)17-10-7-13-19(14-17)36-24-23(32)22-21(35-26(24)34)15-20(16-8-3-1-4-9-16)31(25(22)33)18-11-5-2-6-12-18/h1-15,32H. The predicted octanol–water partition coefficient (Wildman–Crippen LogP) is 6.49. The third kappa shape index (κ3) is 4.29. The number of benzene rings is 3. The van der Waals surface area contributed by atoms with Crippen LogP contribution >= 0.6 is 11.8 Å². The van der Waals surface area contributed by atoms with Crippen LogP contribution < -0.4 is 11.2 Å². The molecular weight excluding hydrogens is 491 g/mol. The van der Waals surface area contributed by atoms with Gasteiger partial charge in [0.25, 0.3) is 5.56 Å². The van der Waals surface area contributed by atoms with Crippen LogP contribution in [0, 0.1) is 0 Å². The maximum Gasteiger partial charge on any atom is 0.416 e. The Hall–Kier alpha value is -4.24. The molecule has 2 heterocycles. The van der Waals surface area contributed by atoms with Crippen molar-refractivity contribution in [2.45, 2.75) is 16.0 Å². The highest BCUT2D eigenvalue weighted by Gasteiger charge is 2.31. The molecule has 180 valence electrons. The molecule has 0 atom stereocenters. The SMILES string of the molecule is O=c1oc2cc(-c3ccccc3)n(-c3ccccc3)c(=O)c2c(O)c1Sc1cccc(C(F)(F)F)c1. The average molecular weight is 507 g/mol. The first kappa shape index (κ1) is 23.5. The van der Waals surface area contributed by atoms with Gasteiger partial charge in [0.15, 0.2) is 5.75 Å². The van der Waals surface area contributed by atoms with Gasteiger partial charge in [-0.15, -0.1) is 0 Å². The molecular formula is C27H16F3NO4S. The van der Waals surface area contributed by atoms with E-state index < -0.39 is 28.7 Å². The molecule has 0 spiro atoms. The second kappa shape index (κ2) is 9.09. The van der Waals surface area contributed by atoms with E-state index in [0.717, 1.165) is 12.1 Å². The van der Waals surface area contributed by atoms with Gasteiger partial charge < -0.3 is 9.52 Å². The number of nitrogens with zero attached hydrogens (tertiary/aromatic N) is 1. The number of aromatic hydroxyl groups is 1.